The van der Waals surface area contributed by atoms with E-state index in [9.17, 15) is 0 Å². The van der Waals surface area contributed by atoms with Crippen LogP contribution in [0.25, 0.3) is 0 Å². The quantitative estimate of drug-likeness (QED) is 0.843. The lowest BCUT2D eigenvalue weighted by atomic mass is 10.1. The van der Waals surface area contributed by atoms with E-state index in [1.54, 1.807) is 0 Å². The van der Waals surface area contributed by atoms with Crippen molar-refractivity contribution >= 4 is 24.3 Å². The Balaban J connectivity index is 1.59. The molecule has 0 aromatic heterocycles. The van der Waals surface area contributed by atoms with Crippen molar-refractivity contribution in [3.8, 4) is 0 Å². The van der Waals surface area contributed by atoms with Crippen molar-refractivity contribution in [2.24, 2.45) is 4.76 Å². The summed E-state index contributed by atoms with van der Waals surface area (Å²) in [5, 5.41) is 0. The molecule has 114 valence electrons. The highest BCUT2D eigenvalue weighted by Crippen LogP contribution is 2.53. The molecule has 2 aliphatic rings. The SMILES string of the molecule is C[C@H](Cc1ccccc1)[NH+]1COC(=NP2(=S)OCCO2)C1. The Labute approximate surface area is 130 Å². The monoisotopic (exact) mass is 327 g/mol. The molecule has 2 atom stereocenters. The molecule has 0 saturated carbocycles. The lowest BCUT2D eigenvalue weighted by Gasteiger charge is -2.18. The van der Waals surface area contributed by atoms with Crippen LogP contribution in [0.15, 0.2) is 35.1 Å². The first-order valence-electron chi connectivity index (χ1n) is 7.14. The molecule has 7 heteroatoms. The van der Waals surface area contributed by atoms with Crippen molar-refractivity contribution in [2.45, 2.75) is 19.4 Å². The van der Waals surface area contributed by atoms with Crippen LogP contribution in [-0.4, -0.2) is 38.4 Å². The van der Waals surface area contributed by atoms with Crippen molar-refractivity contribution in [1.29, 1.82) is 0 Å². The van der Waals surface area contributed by atoms with Crippen molar-refractivity contribution in [3.05, 3.63) is 35.9 Å². The number of rotatable bonds is 4. The van der Waals surface area contributed by atoms with Gasteiger partial charge >= 0.3 is 6.64 Å². The molecule has 0 radical (unpaired) electrons. The van der Waals surface area contributed by atoms with Gasteiger partial charge in [0.25, 0.3) is 5.90 Å². The molecule has 0 spiro atoms. The van der Waals surface area contributed by atoms with Crippen LogP contribution < -0.4 is 4.90 Å². The summed E-state index contributed by atoms with van der Waals surface area (Å²) in [6.45, 7) is 2.22. The summed E-state index contributed by atoms with van der Waals surface area (Å²) in [6, 6.07) is 11.0. The van der Waals surface area contributed by atoms with E-state index in [4.69, 9.17) is 25.6 Å². The smallest absolute Gasteiger partial charge is 0.312 e. The average Bonchev–Trinajstić information content (AvgIpc) is 3.10. The van der Waals surface area contributed by atoms with Crippen LogP contribution >= 0.6 is 6.64 Å². The summed E-state index contributed by atoms with van der Waals surface area (Å²) in [5.41, 5.74) is 1.34. The van der Waals surface area contributed by atoms with Gasteiger partial charge in [0.1, 0.15) is 0 Å². The summed E-state index contributed by atoms with van der Waals surface area (Å²) >= 11 is 5.30. The Bertz CT molecular complexity index is 557. The van der Waals surface area contributed by atoms with Crippen molar-refractivity contribution < 1.29 is 18.7 Å². The van der Waals surface area contributed by atoms with Gasteiger partial charge < -0.3 is 13.8 Å². The van der Waals surface area contributed by atoms with Gasteiger partial charge in [-0.25, -0.2) is 0 Å². The molecule has 2 fully saturated rings. The van der Waals surface area contributed by atoms with Crippen LogP contribution in [-0.2, 0) is 32.0 Å². The first-order valence-corrected chi connectivity index (χ1v) is 9.73. The summed E-state index contributed by atoms with van der Waals surface area (Å²) in [7, 11) is 0. The van der Waals surface area contributed by atoms with Crippen LogP contribution in [0.4, 0.5) is 0 Å². The maximum Gasteiger partial charge on any atom is 0.312 e. The van der Waals surface area contributed by atoms with Crippen molar-refractivity contribution in [3.63, 3.8) is 0 Å². The van der Waals surface area contributed by atoms with Crippen LogP contribution in [0, 0.1) is 0 Å². The molecule has 1 aromatic rings. The average molecular weight is 327 g/mol. The largest absolute Gasteiger partial charge is 0.426 e. The van der Waals surface area contributed by atoms with Crippen LogP contribution in [0.5, 0.6) is 0 Å². The van der Waals surface area contributed by atoms with Gasteiger partial charge in [0.05, 0.1) is 19.3 Å². The standard InChI is InChI=1S/C14H19N2O3PS/c1-12(9-13-5-3-2-4-6-13)16-10-14(17-11-16)15-20(21)18-7-8-19-20/h2-6,12H,7-11H2,1H3/p+1/t12-/m1/s1. The molecule has 2 aliphatic heterocycles. The van der Waals surface area contributed by atoms with Gasteiger partial charge in [-0.05, 0) is 24.3 Å². The number of ether oxygens (including phenoxy) is 1. The third-order valence-corrected chi connectivity index (χ3v) is 6.07. The van der Waals surface area contributed by atoms with E-state index in [-0.39, 0.29) is 0 Å². The van der Waals surface area contributed by atoms with E-state index in [1.165, 1.54) is 10.5 Å². The third kappa shape index (κ3) is 3.90. The van der Waals surface area contributed by atoms with E-state index in [2.05, 4.69) is 36.0 Å². The molecular weight excluding hydrogens is 307 g/mol. The fraction of sp³-hybridized carbons (Fsp3) is 0.500. The van der Waals surface area contributed by atoms with Gasteiger partial charge in [-0.1, -0.05) is 30.3 Å². The van der Waals surface area contributed by atoms with Gasteiger partial charge in [0.2, 0.25) is 6.73 Å². The highest BCUT2D eigenvalue weighted by molar-refractivity contribution is 8.09. The van der Waals surface area contributed by atoms with Gasteiger partial charge in [0, 0.05) is 6.42 Å². The van der Waals surface area contributed by atoms with Crippen molar-refractivity contribution in [1.82, 2.24) is 0 Å². The molecule has 2 heterocycles. The van der Waals surface area contributed by atoms with E-state index >= 15 is 0 Å². The molecule has 21 heavy (non-hydrogen) atoms. The second-order valence-electron chi connectivity index (χ2n) is 5.34. The fourth-order valence-electron chi connectivity index (χ4n) is 2.50. The van der Waals surface area contributed by atoms with Gasteiger partial charge in [-0.3, -0.25) is 4.90 Å². The minimum atomic E-state index is -2.46. The molecule has 1 N–H and O–H groups in total. The highest BCUT2D eigenvalue weighted by Gasteiger charge is 2.32. The number of quaternary nitrogens is 1. The number of benzene rings is 1. The molecule has 5 nitrogen and oxygen atoms in total. The zero-order valence-corrected chi connectivity index (χ0v) is 13.7. The molecule has 3 rings (SSSR count). The van der Waals surface area contributed by atoms with Crippen LogP contribution in [0.2, 0.25) is 0 Å². The van der Waals surface area contributed by atoms with Crippen LogP contribution in [0.3, 0.4) is 0 Å². The lowest BCUT2D eigenvalue weighted by molar-refractivity contribution is -0.918. The van der Waals surface area contributed by atoms with E-state index in [0.29, 0.717) is 31.9 Å². The molecule has 0 aliphatic carbocycles. The maximum absolute atomic E-state index is 5.67. The maximum atomic E-state index is 5.67. The summed E-state index contributed by atoms with van der Waals surface area (Å²) < 4.78 is 20.9. The Morgan fingerprint density at radius 2 is 2.00 bits per heavy atom. The highest BCUT2D eigenvalue weighted by atomic mass is 32.5. The summed E-state index contributed by atoms with van der Waals surface area (Å²) in [4.78, 5) is 1.36. The predicted octanol–water partition coefficient (Wildman–Crippen LogP) is 1.16. The Morgan fingerprint density at radius 1 is 1.29 bits per heavy atom. The van der Waals surface area contributed by atoms with Gasteiger partial charge in [-0.15, -0.1) is 0 Å². The number of nitrogens with zero attached hydrogens (tertiary/aromatic N) is 1. The fourth-order valence-corrected chi connectivity index (χ4v) is 4.42. The number of hydrogen-bond donors (Lipinski definition) is 1. The van der Waals surface area contributed by atoms with Crippen molar-refractivity contribution in [2.75, 3.05) is 26.5 Å². The zero-order valence-electron chi connectivity index (χ0n) is 12.0. The number of nitrogens with one attached hydrogen (secondary N) is 1. The molecule has 0 bridgehead atoms. The van der Waals surface area contributed by atoms with Crippen LogP contribution in [0.1, 0.15) is 12.5 Å². The van der Waals surface area contributed by atoms with E-state index in [1.807, 2.05) is 6.07 Å². The minimum Gasteiger partial charge on any atom is -0.426 e. The minimum absolute atomic E-state index is 0.463. The first-order chi connectivity index (χ1) is 10.1. The topological polar surface area (TPSA) is 44.5 Å². The van der Waals surface area contributed by atoms with Gasteiger partial charge in [-0.2, -0.15) is 4.76 Å². The molecular formula is C14H20N2O3PS+. The predicted molar refractivity (Wildman–Crippen MR) is 85.0 cm³/mol. The first kappa shape index (κ1) is 15.1. The number of hydrogen-bond acceptors (Lipinski definition) is 4. The molecule has 1 unspecified atom stereocenters. The van der Waals surface area contributed by atoms with E-state index < -0.39 is 6.64 Å². The molecule has 2 saturated heterocycles. The summed E-state index contributed by atoms with van der Waals surface area (Å²) in [5.74, 6) is 0.676. The third-order valence-electron chi connectivity index (χ3n) is 3.71. The molecule has 1 aromatic carbocycles. The van der Waals surface area contributed by atoms with E-state index in [0.717, 1.165) is 13.0 Å². The molecule has 0 amide bonds. The Morgan fingerprint density at radius 3 is 2.71 bits per heavy atom. The zero-order chi connectivity index (χ0) is 14.7. The second-order valence-corrected chi connectivity index (χ2v) is 8.38. The summed E-state index contributed by atoms with van der Waals surface area (Å²) in [6.07, 6.45) is 1.02. The normalized spacial score (nSPS) is 27.7. The lowest BCUT2D eigenvalue weighted by Crippen LogP contribution is -3.14. The second kappa shape index (κ2) is 6.55. The Hall–Kier alpha value is -0.780. The Kier molecular flexibility index (Phi) is 4.72. The van der Waals surface area contributed by atoms with Gasteiger partial charge in [0.15, 0.2) is 6.54 Å².